The highest BCUT2D eigenvalue weighted by molar-refractivity contribution is 6.30. The number of nitrogens with one attached hydrogen (secondary N) is 2. The predicted octanol–water partition coefficient (Wildman–Crippen LogP) is 4.48. The van der Waals surface area contributed by atoms with E-state index in [4.69, 9.17) is 11.6 Å². The zero-order valence-corrected chi connectivity index (χ0v) is 16.9. The molecule has 2 amide bonds. The number of urea groups is 1. The third-order valence-electron chi connectivity index (χ3n) is 4.68. The summed E-state index contributed by atoms with van der Waals surface area (Å²) in [6, 6.07) is 17.2. The first-order valence-electron chi connectivity index (χ1n) is 9.36. The fraction of sp³-hybridized carbons (Fsp3) is 0.273. The molecule has 0 aliphatic rings. The Labute approximate surface area is 170 Å². The molecule has 0 bridgehead atoms. The summed E-state index contributed by atoms with van der Waals surface area (Å²) < 4.78 is 1.90. The fourth-order valence-corrected chi connectivity index (χ4v) is 3.23. The van der Waals surface area contributed by atoms with Gasteiger partial charge in [0, 0.05) is 30.5 Å². The topological polar surface area (TPSA) is 59.0 Å². The van der Waals surface area contributed by atoms with Crippen LogP contribution in [0.25, 0.3) is 0 Å². The molecule has 1 heterocycles. The van der Waals surface area contributed by atoms with Crippen LogP contribution in [0.5, 0.6) is 0 Å². The lowest BCUT2D eigenvalue weighted by Gasteiger charge is -2.21. The van der Waals surface area contributed by atoms with Gasteiger partial charge in [-0.25, -0.2) is 9.78 Å². The summed E-state index contributed by atoms with van der Waals surface area (Å²) >= 11 is 6.01. The van der Waals surface area contributed by atoms with Gasteiger partial charge in [0.05, 0.1) is 0 Å². The van der Waals surface area contributed by atoms with E-state index < -0.39 is 0 Å². The molecule has 2 N–H and O–H groups in total. The number of rotatable bonds is 7. The largest absolute Gasteiger partial charge is 0.336 e. The number of carbonyl (C=O) groups is 1. The van der Waals surface area contributed by atoms with Crippen LogP contribution in [0.15, 0.2) is 67.0 Å². The van der Waals surface area contributed by atoms with Crippen LogP contribution >= 0.6 is 11.6 Å². The lowest BCUT2D eigenvalue weighted by atomic mass is 10.1. The molecule has 0 unspecified atom stereocenters. The van der Waals surface area contributed by atoms with Gasteiger partial charge in [0.15, 0.2) is 0 Å². The highest BCUT2D eigenvalue weighted by atomic mass is 35.5. The number of carbonyl (C=O) groups excluding carboxylic acids is 1. The molecule has 3 rings (SSSR count). The van der Waals surface area contributed by atoms with E-state index in [-0.39, 0.29) is 18.1 Å². The van der Waals surface area contributed by atoms with E-state index in [1.807, 2.05) is 67.2 Å². The van der Waals surface area contributed by atoms with Gasteiger partial charge in [0.2, 0.25) is 0 Å². The van der Waals surface area contributed by atoms with Crippen LogP contribution in [-0.4, -0.2) is 21.6 Å². The van der Waals surface area contributed by atoms with Crippen molar-refractivity contribution in [3.8, 4) is 0 Å². The molecule has 146 valence electrons. The monoisotopic (exact) mass is 396 g/mol. The smallest absolute Gasteiger partial charge is 0.315 e. The van der Waals surface area contributed by atoms with E-state index in [1.165, 1.54) is 5.56 Å². The van der Waals surface area contributed by atoms with E-state index in [9.17, 15) is 4.79 Å². The van der Waals surface area contributed by atoms with Crippen LogP contribution in [0.3, 0.4) is 0 Å². The van der Waals surface area contributed by atoms with Crippen LogP contribution in [0.4, 0.5) is 4.79 Å². The van der Waals surface area contributed by atoms with Crippen molar-refractivity contribution < 1.29 is 4.79 Å². The zero-order chi connectivity index (χ0) is 19.9. The van der Waals surface area contributed by atoms with Crippen molar-refractivity contribution in [2.75, 3.05) is 0 Å². The average Bonchev–Trinajstić information content (AvgIpc) is 3.12. The second-order valence-electron chi connectivity index (χ2n) is 6.92. The first-order valence-corrected chi connectivity index (χ1v) is 9.74. The first-order chi connectivity index (χ1) is 13.5. The van der Waals surface area contributed by atoms with Crippen LogP contribution in [0.2, 0.25) is 5.02 Å². The van der Waals surface area contributed by atoms with Gasteiger partial charge in [0.1, 0.15) is 11.9 Å². The molecule has 0 radical (unpaired) electrons. The lowest BCUT2D eigenvalue weighted by molar-refractivity contribution is 0.234. The van der Waals surface area contributed by atoms with Crippen molar-refractivity contribution in [2.24, 2.45) is 7.05 Å². The Bertz CT molecular complexity index is 892. The molecule has 0 saturated heterocycles. The number of hydrogen-bond donors (Lipinski definition) is 2. The summed E-state index contributed by atoms with van der Waals surface area (Å²) in [6.45, 7) is 2.01. The van der Waals surface area contributed by atoms with Crippen LogP contribution in [-0.2, 0) is 13.5 Å². The number of aromatic nitrogens is 2. The standard InChI is InChI=1S/C22H25ClN4O/c1-16(8-9-17-6-4-3-5-7-17)25-22(28)26-20(21-24-14-15-27(21)2)18-10-12-19(23)13-11-18/h3-7,10-16,20H,8-9H2,1-2H3,(H2,25,26,28)/t16-,20+/m1/s1. The van der Waals surface area contributed by atoms with Gasteiger partial charge in [-0.3, -0.25) is 0 Å². The molecule has 3 aromatic rings. The highest BCUT2D eigenvalue weighted by Crippen LogP contribution is 2.22. The van der Waals surface area contributed by atoms with Crippen LogP contribution in [0.1, 0.15) is 36.3 Å². The second kappa shape index (κ2) is 9.42. The molecule has 0 saturated carbocycles. The molecule has 2 aromatic carbocycles. The molecule has 6 heteroatoms. The SMILES string of the molecule is C[C@H](CCc1ccccc1)NC(=O)N[C@@H](c1ccc(Cl)cc1)c1nccn1C. The molecule has 0 fully saturated rings. The van der Waals surface area contributed by atoms with Gasteiger partial charge in [-0.2, -0.15) is 0 Å². The Kier molecular flexibility index (Phi) is 6.71. The van der Waals surface area contributed by atoms with Crippen molar-refractivity contribution >= 4 is 17.6 Å². The Morgan fingerprint density at radius 2 is 1.82 bits per heavy atom. The minimum absolute atomic E-state index is 0.0486. The molecule has 28 heavy (non-hydrogen) atoms. The van der Waals surface area contributed by atoms with E-state index >= 15 is 0 Å². The predicted molar refractivity (Wildman–Crippen MR) is 112 cm³/mol. The Morgan fingerprint density at radius 3 is 2.46 bits per heavy atom. The van der Waals surface area contributed by atoms with Crippen molar-refractivity contribution in [2.45, 2.75) is 31.8 Å². The maximum atomic E-state index is 12.6. The second-order valence-corrected chi connectivity index (χ2v) is 7.36. The molecular formula is C22H25ClN4O. The normalized spacial score (nSPS) is 13.0. The van der Waals surface area contributed by atoms with E-state index in [0.29, 0.717) is 5.02 Å². The highest BCUT2D eigenvalue weighted by Gasteiger charge is 2.21. The van der Waals surface area contributed by atoms with Gasteiger partial charge < -0.3 is 15.2 Å². The van der Waals surface area contributed by atoms with Crippen LogP contribution < -0.4 is 10.6 Å². The molecule has 0 spiro atoms. The minimum atomic E-state index is -0.362. The number of benzene rings is 2. The van der Waals surface area contributed by atoms with Crippen LogP contribution in [0, 0.1) is 0 Å². The molecule has 0 aliphatic carbocycles. The number of halogens is 1. The van der Waals surface area contributed by atoms with Gasteiger partial charge in [0.25, 0.3) is 0 Å². The number of amides is 2. The Morgan fingerprint density at radius 1 is 1.11 bits per heavy atom. The van der Waals surface area contributed by atoms with Crippen molar-refractivity contribution in [1.29, 1.82) is 0 Å². The quantitative estimate of drug-likeness (QED) is 0.618. The lowest BCUT2D eigenvalue weighted by Crippen LogP contribution is -2.43. The molecule has 5 nitrogen and oxygen atoms in total. The summed E-state index contributed by atoms with van der Waals surface area (Å²) in [5, 5.41) is 6.73. The Balaban J connectivity index is 1.64. The summed E-state index contributed by atoms with van der Waals surface area (Å²) in [5.41, 5.74) is 2.19. The summed E-state index contributed by atoms with van der Waals surface area (Å²) in [4.78, 5) is 17.0. The number of aryl methyl sites for hydroxylation is 2. The van der Waals surface area contributed by atoms with Gasteiger partial charge in [-0.15, -0.1) is 0 Å². The van der Waals surface area contributed by atoms with Crippen molar-refractivity contribution in [3.63, 3.8) is 0 Å². The third kappa shape index (κ3) is 5.36. The molecule has 1 aromatic heterocycles. The van der Waals surface area contributed by atoms with E-state index in [2.05, 4.69) is 27.8 Å². The van der Waals surface area contributed by atoms with Gasteiger partial charge in [-0.1, -0.05) is 54.1 Å². The van der Waals surface area contributed by atoms with Crippen molar-refractivity contribution in [3.05, 3.63) is 89.0 Å². The Hall–Kier alpha value is -2.79. The summed E-state index contributed by atoms with van der Waals surface area (Å²) in [5.74, 6) is 0.759. The number of hydrogen-bond acceptors (Lipinski definition) is 2. The summed E-state index contributed by atoms with van der Waals surface area (Å²) in [7, 11) is 1.91. The maximum absolute atomic E-state index is 12.6. The van der Waals surface area contributed by atoms with E-state index in [0.717, 1.165) is 24.2 Å². The van der Waals surface area contributed by atoms with Gasteiger partial charge >= 0.3 is 6.03 Å². The zero-order valence-electron chi connectivity index (χ0n) is 16.1. The number of nitrogens with zero attached hydrogens (tertiary/aromatic N) is 2. The van der Waals surface area contributed by atoms with Crippen molar-refractivity contribution in [1.82, 2.24) is 20.2 Å². The summed E-state index contributed by atoms with van der Waals surface area (Å²) in [6.07, 6.45) is 5.37. The minimum Gasteiger partial charge on any atom is -0.336 e. The molecule has 0 aliphatic heterocycles. The first kappa shape index (κ1) is 20.0. The third-order valence-corrected chi connectivity index (χ3v) is 4.93. The number of imidazole rings is 1. The van der Waals surface area contributed by atoms with E-state index in [1.54, 1.807) is 6.20 Å². The molecule has 2 atom stereocenters. The molecular weight excluding hydrogens is 372 g/mol. The van der Waals surface area contributed by atoms with Gasteiger partial charge in [-0.05, 0) is 43.0 Å². The maximum Gasteiger partial charge on any atom is 0.315 e. The average molecular weight is 397 g/mol. The fourth-order valence-electron chi connectivity index (χ4n) is 3.10.